The molecule has 30 heavy (non-hydrogen) atoms. The quantitative estimate of drug-likeness (QED) is 0.532. The van der Waals surface area contributed by atoms with Gasteiger partial charge in [-0.25, -0.2) is 4.39 Å². The Bertz CT molecular complexity index is 1010. The molecule has 0 saturated carbocycles. The number of hydrogen-bond donors (Lipinski definition) is 1. The van der Waals surface area contributed by atoms with Crippen molar-refractivity contribution in [2.45, 2.75) is 33.3 Å². The van der Waals surface area contributed by atoms with Crippen molar-refractivity contribution in [1.82, 2.24) is 4.98 Å². The van der Waals surface area contributed by atoms with E-state index in [1.807, 2.05) is 26.8 Å². The zero-order valence-electron chi connectivity index (χ0n) is 17.3. The predicted octanol–water partition coefficient (Wildman–Crippen LogP) is 5.54. The van der Waals surface area contributed by atoms with Gasteiger partial charge in [-0.1, -0.05) is 6.07 Å². The van der Waals surface area contributed by atoms with Gasteiger partial charge in [0.1, 0.15) is 17.3 Å². The van der Waals surface area contributed by atoms with Gasteiger partial charge in [-0.15, -0.1) is 0 Å². The molecular formula is C24H25FN2O3. The predicted molar refractivity (Wildman–Crippen MR) is 115 cm³/mol. The van der Waals surface area contributed by atoms with Crippen LogP contribution >= 0.6 is 0 Å². The summed E-state index contributed by atoms with van der Waals surface area (Å²) < 4.78 is 24.4. The van der Waals surface area contributed by atoms with Gasteiger partial charge >= 0.3 is 0 Å². The lowest BCUT2D eigenvalue weighted by atomic mass is 10.1. The standard InChI is InChI=1S/C24H25FN2O3/c1-4-29-16(2)14-20-10-13-23(17(3)26-20)24(28)27-19-8-11-21(12-9-19)30-22-7-5-6-18(25)15-22/h5-13,15-16H,4,14H2,1-3H3,(H,27,28). The Labute approximate surface area is 175 Å². The number of nitrogens with one attached hydrogen (secondary N) is 1. The number of hydrogen-bond acceptors (Lipinski definition) is 4. The van der Waals surface area contributed by atoms with Crippen molar-refractivity contribution in [3.63, 3.8) is 0 Å². The fourth-order valence-corrected chi connectivity index (χ4v) is 3.08. The van der Waals surface area contributed by atoms with Crippen molar-refractivity contribution in [2.75, 3.05) is 11.9 Å². The molecule has 0 spiro atoms. The normalized spacial score (nSPS) is 11.7. The number of carbonyl (C=O) groups is 1. The van der Waals surface area contributed by atoms with E-state index in [-0.39, 0.29) is 17.8 Å². The Morgan fingerprint density at radius 1 is 1.10 bits per heavy atom. The molecule has 1 heterocycles. The molecule has 1 unspecified atom stereocenters. The summed E-state index contributed by atoms with van der Waals surface area (Å²) in [5, 5.41) is 2.86. The molecule has 5 nitrogen and oxygen atoms in total. The van der Waals surface area contributed by atoms with E-state index >= 15 is 0 Å². The average Bonchev–Trinajstić information content (AvgIpc) is 2.69. The molecule has 0 fully saturated rings. The van der Waals surface area contributed by atoms with Crippen LogP contribution in [0.2, 0.25) is 0 Å². The summed E-state index contributed by atoms with van der Waals surface area (Å²) in [6.07, 6.45) is 0.776. The zero-order chi connectivity index (χ0) is 21.5. The Morgan fingerprint density at radius 2 is 1.87 bits per heavy atom. The van der Waals surface area contributed by atoms with E-state index in [0.717, 1.165) is 5.69 Å². The number of amides is 1. The Balaban J connectivity index is 1.62. The summed E-state index contributed by atoms with van der Waals surface area (Å²) in [5.74, 6) is 0.360. The van der Waals surface area contributed by atoms with Crippen molar-refractivity contribution < 1.29 is 18.7 Å². The summed E-state index contributed by atoms with van der Waals surface area (Å²) in [5.41, 5.74) is 2.70. The third-order valence-corrected chi connectivity index (χ3v) is 4.48. The lowest BCUT2D eigenvalue weighted by Gasteiger charge is -2.13. The van der Waals surface area contributed by atoms with Crippen molar-refractivity contribution in [3.8, 4) is 11.5 Å². The van der Waals surface area contributed by atoms with Crippen LogP contribution in [-0.2, 0) is 11.2 Å². The molecular weight excluding hydrogens is 383 g/mol. The molecule has 1 amide bonds. The fourth-order valence-electron chi connectivity index (χ4n) is 3.08. The van der Waals surface area contributed by atoms with E-state index in [2.05, 4.69) is 10.3 Å². The lowest BCUT2D eigenvalue weighted by molar-refractivity contribution is 0.0761. The summed E-state index contributed by atoms with van der Waals surface area (Å²) in [4.78, 5) is 17.2. The Morgan fingerprint density at radius 3 is 2.53 bits per heavy atom. The molecule has 0 aliphatic carbocycles. The highest BCUT2D eigenvalue weighted by atomic mass is 19.1. The first kappa shape index (κ1) is 21.5. The summed E-state index contributed by atoms with van der Waals surface area (Å²) in [6, 6.07) is 16.4. The van der Waals surface area contributed by atoms with E-state index in [9.17, 15) is 9.18 Å². The minimum atomic E-state index is -0.362. The molecule has 6 heteroatoms. The van der Waals surface area contributed by atoms with Crippen LogP contribution in [0.3, 0.4) is 0 Å². The molecule has 0 radical (unpaired) electrons. The number of ether oxygens (including phenoxy) is 2. The van der Waals surface area contributed by atoms with Gasteiger partial charge in [-0.05, 0) is 69.3 Å². The van der Waals surface area contributed by atoms with Crippen LogP contribution < -0.4 is 10.1 Å². The molecule has 0 aliphatic rings. The van der Waals surface area contributed by atoms with Crippen LogP contribution in [0.15, 0.2) is 60.7 Å². The SMILES string of the molecule is CCOC(C)Cc1ccc(C(=O)Nc2ccc(Oc3cccc(F)c3)cc2)c(C)n1. The van der Waals surface area contributed by atoms with Crippen molar-refractivity contribution >= 4 is 11.6 Å². The molecule has 0 aliphatic heterocycles. The monoisotopic (exact) mass is 408 g/mol. The first-order valence-electron chi connectivity index (χ1n) is 9.87. The minimum absolute atomic E-state index is 0.0784. The summed E-state index contributed by atoms with van der Waals surface area (Å²) in [7, 11) is 0. The van der Waals surface area contributed by atoms with Crippen LogP contribution in [0.5, 0.6) is 11.5 Å². The molecule has 1 atom stereocenters. The number of halogens is 1. The van der Waals surface area contributed by atoms with E-state index < -0.39 is 0 Å². The van der Waals surface area contributed by atoms with Gasteiger partial charge in [0, 0.05) is 30.5 Å². The summed E-state index contributed by atoms with van der Waals surface area (Å²) in [6.45, 7) is 6.44. The molecule has 2 aromatic carbocycles. The van der Waals surface area contributed by atoms with Gasteiger partial charge in [-0.2, -0.15) is 0 Å². The van der Waals surface area contributed by atoms with Gasteiger partial charge in [0.15, 0.2) is 0 Å². The van der Waals surface area contributed by atoms with E-state index in [1.165, 1.54) is 12.1 Å². The first-order valence-corrected chi connectivity index (χ1v) is 9.87. The van der Waals surface area contributed by atoms with Crippen molar-refractivity contribution in [3.05, 3.63) is 83.4 Å². The van der Waals surface area contributed by atoms with Crippen LogP contribution in [-0.4, -0.2) is 23.6 Å². The molecule has 3 rings (SSSR count). The molecule has 3 aromatic rings. The van der Waals surface area contributed by atoms with Gasteiger partial charge in [-0.3, -0.25) is 9.78 Å². The van der Waals surface area contributed by atoms with Crippen LogP contribution in [0, 0.1) is 12.7 Å². The Kier molecular flexibility index (Phi) is 7.14. The number of rotatable bonds is 8. The molecule has 0 bridgehead atoms. The highest BCUT2D eigenvalue weighted by Gasteiger charge is 2.13. The maximum absolute atomic E-state index is 13.3. The van der Waals surface area contributed by atoms with Gasteiger partial charge < -0.3 is 14.8 Å². The van der Waals surface area contributed by atoms with Crippen LogP contribution in [0.1, 0.15) is 35.6 Å². The van der Waals surface area contributed by atoms with Gasteiger partial charge in [0.05, 0.1) is 17.4 Å². The molecule has 1 aromatic heterocycles. The van der Waals surface area contributed by atoms with E-state index in [0.29, 0.717) is 41.5 Å². The van der Waals surface area contributed by atoms with Gasteiger partial charge in [0.2, 0.25) is 0 Å². The number of aromatic nitrogens is 1. The van der Waals surface area contributed by atoms with Crippen molar-refractivity contribution in [1.29, 1.82) is 0 Å². The molecule has 0 saturated heterocycles. The number of anilines is 1. The van der Waals surface area contributed by atoms with Gasteiger partial charge in [0.25, 0.3) is 5.91 Å². The minimum Gasteiger partial charge on any atom is -0.457 e. The smallest absolute Gasteiger partial charge is 0.257 e. The number of pyridine rings is 1. The third kappa shape index (κ3) is 5.87. The second-order valence-electron chi connectivity index (χ2n) is 6.94. The maximum Gasteiger partial charge on any atom is 0.257 e. The average molecular weight is 408 g/mol. The Hall–Kier alpha value is -3.25. The van der Waals surface area contributed by atoms with Crippen LogP contribution in [0.25, 0.3) is 0 Å². The van der Waals surface area contributed by atoms with Crippen molar-refractivity contribution in [2.24, 2.45) is 0 Å². The molecule has 1 N–H and O–H groups in total. The second kappa shape index (κ2) is 9.98. The number of aryl methyl sites for hydroxylation is 1. The number of benzene rings is 2. The lowest BCUT2D eigenvalue weighted by Crippen LogP contribution is -2.16. The zero-order valence-corrected chi connectivity index (χ0v) is 17.3. The third-order valence-electron chi connectivity index (χ3n) is 4.48. The fraction of sp³-hybridized carbons (Fsp3) is 0.250. The maximum atomic E-state index is 13.3. The highest BCUT2D eigenvalue weighted by Crippen LogP contribution is 2.24. The number of carbonyl (C=O) groups excluding carboxylic acids is 1. The largest absolute Gasteiger partial charge is 0.457 e. The van der Waals surface area contributed by atoms with E-state index in [1.54, 1.807) is 42.5 Å². The van der Waals surface area contributed by atoms with Crippen LogP contribution in [0.4, 0.5) is 10.1 Å². The van der Waals surface area contributed by atoms with E-state index in [4.69, 9.17) is 9.47 Å². The number of nitrogens with zero attached hydrogens (tertiary/aromatic N) is 1. The first-order chi connectivity index (χ1) is 14.4. The molecule has 156 valence electrons. The topological polar surface area (TPSA) is 60.5 Å². The summed E-state index contributed by atoms with van der Waals surface area (Å²) >= 11 is 0. The second-order valence-corrected chi connectivity index (χ2v) is 6.94. The highest BCUT2D eigenvalue weighted by molar-refractivity contribution is 6.05.